The molecule has 0 bridgehead atoms. The van der Waals surface area contributed by atoms with Crippen LogP contribution in [0.3, 0.4) is 0 Å². The summed E-state index contributed by atoms with van der Waals surface area (Å²) in [5.41, 5.74) is 1.87. The van der Waals surface area contributed by atoms with Crippen molar-refractivity contribution in [2.75, 3.05) is 13.2 Å². The van der Waals surface area contributed by atoms with E-state index in [2.05, 4.69) is 18.3 Å². The van der Waals surface area contributed by atoms with Crippen LogP contribution < -0.4 is 5.32 Å². The quantitative estimate of drug-likeness (QED) is 0.809. The SMILES string of the molecule is CC1CCCCC1OCCNCc1cccc(C#N)c1. The lowest BCUT2D eigenvalue weighted by Crippen LogP contribution is -2.29. The van der Waals surface area contributed by atoms with Crippen molar-refractivity contribution in [1.82, 2.24) is 5.32 Å². The highest BCUT2D eigenvalue weighted by molar-refractivity contribution is 5.32. The van der Waals surface area contributed by atoms with Crippen LogP contribution in [0.1, 0.15) is 43.7 Å². The number of rotatable bonds is 6. The average molecular weight is 272 g/mol. The second-order valence-corrected chi connectivity index (χ2v) is 5.66. The van der Waals surface area contributed by atoms with Gasteiger partial charge in [0.2, 0.25) is 0 Å². The first-order chi connectivity index (χ1) is 9.79. The van der Waals surface area contributed by atoms with Crippen molar-refractivity contribution in [3.8, 4) is 6.07 Å². The molecule has 108 valence electrons. The summed E-state index contributed by atoms with van der Waals surface area (Å²) in [5, 5.41) is 12.2. The molecule has 3 heteroatoms. The van der Waals surface area contributed by atoms with Crippen LogP contribution in [0.15, 0.2) is 24.3 Å². The van der Waals surface area contributed by atoms with Gasteiger partial charge >= 0.3 is 0 Å². The first-order valence-electron chi connectivity index (χ1n) is 7.61. The third kappa shape index (κ3) is 4.63. The van der Waals surface area contributed by atoms with Gasteiger partial charge in [0, 0.05) is 13.1 Å². The molecule has 1 aromatic carbocycles. The van der Waals surface area contributed by atoms with E-state index in [-0.39, 0.29) is 0 Å². The summed E-state index contributed by atoms with van der Waals surface area (Å²) in [6, 6.07) is 9.89. The molecule has 1 saturated carbocycles. The van der Waals surface area contributed by atoms with Gasteiger partial charge in [-0.2, -0.15) is 5.26 Å². The molecule has 0 spiro atoms. The first-order valence-corrected chi connectivity index (χ1v) is 7.61. The van der Waals surface area contributed by atoms with Crippen LogP contribution in [0.5, 0.6) is 0 Å². The van der Waals surface area contributed by atoms with E-state index in [1.807, 2.05) is 24.3 Å². The molecule has 1 aliphatic rings. The molecule has 0 aromatic heterocycles. The Morgan fingerprint density at radius 1 is 1.35 bits per heavy atom. The average Bonchev–Trinajstić information content (AvgIpc) is 2.49. The summed E-state index contributed by atoms with van der Waals surface area (Å²) in [4.78, 5) is 0. The normalized spacial score (nSPS) is 22.4. The smallest absolute Gasteiger partial charge is 0.0991 e. The van der Waals surface area contributed by atoms with E-state index in [1.165, 1.54) is 25.7 Å². The van der Waals surface area contributed by atoms with Gasteiger partial charge in [0.25, 0.3) is 0 Å². The van der Waals surface area contributed by atoms with Gasteiger partial charge in [-0.05, 0) is 36.5 Å². The molecule has 2 atom stereocenters. The summed E-state index contributed by atoms with van der Waals surface area (Å²) in [7, 11) is 0. The summed E-state index contributed by atoms with van der Waals surface area (Å²) >= 11 is 0. The van der Waals surface area contributed by atoms with Gasteiger partial charge < -0.3 is 10.1 Å². The molecule has 0 saturated heterocycles. The molecule has 2 rings (SSSR count). The Kier molecular flexibility index (Phi) is 6.04. The standard InChI is InChI=1S/C17H24N2O/c1-14-5-2-3-8-17(14)20-10-9-19-13-16-7-4-6-15(11-16)12-18/h4,6-7,11,14,17,19H,2-3,5,8-10,13H2,1H3. The Bertz CT molecular complexity index is 453. The number of nitrogens with one attached hydrogen (secondary N) is 1. The van der Waals surface area contributed by atoms with Gasteiger partial charge in [-0.15, -0.1) is 0 Å². The molecule has 2 unspecified atom stereocenters. The van der Waals surface area contributed by atoms with E-state index < -0.39 is 0 Å². The molecular formula is C17H24N2O. The van der Waals surface area contributed by atoms with Crippen LogP contribution in [0.4, 0.5) is 0 Å². The van der Waals surface area contributed by atoms with Gasteiger partial charge in [0.15, 0.2) is 0 Å². The van der Waals surface area contributed by atoms with Crippen molar-refractivity contribution in [2.45, 2.75) is 45.3 Å². The Balaban J connectivity index is 1.62. The molecule has 1 aliphatic carbocycles. The van der Waals surface area contributed by atoms with Crippen molar-refractivity contribution >= 4 is 0 Å². The topological polar surface area (TPSA) is 45.0 Å². The zero-order valence-corrected chi connectivity index (χ0v) is 12.3. The minimum Gasteiger partial charge on any atom is -0.377 e. The molecule has 1 aromatic rings. The lowest BCUT2D eigenvalue weighted by molar-refractivity contribution is -0.00322. The fourth-order valence-electron chi connectivity index (χ4n) is 2.80. The minimum atomic E-state index is 0.451. The highest BCUT2D eigenvalue weighted by Gasteiger charge is 2.21. The second-order valence-electron chi connectivity index (χ2n) is 5.66. The molecule has 0 radical (unpaired) electrons. The molecule has 0 heterocycles. The maximum Gasteiger partial charge on any atom is 0.0991 e. The lowest BCUT2D eigenvalue weighted by Gasteiger charge is -2.28. The highest BCUT2D eigenvalue weighted by atomic mass is 16.5. The zero-order valence-electron chi connectivity index (χ0n) is 12.3. The van der Waals surface area contributed by atoms with Crippen LogP contribution in [-0.4, -0.2) is 19.3 Å². The van der Waals surface area contributed by atoms with Crippen LogP contribution in [0.2, 0.25) is 0 Å². The van der Waals surface area contributed by atoms with Gasteiger partial charge in [0.1, 0.15) is 0 Å². The van der Waals surface area contributed by atoms with E-state index in [0.29, 0.717) is 12.0 Å². The number of benzene rings is 1. The minimum absolute atomic E-state index is 0.451. The van der Waals surface area contributed by atoms with Crippen LogP contribution >= 0.6 is 0 Å². The largest absolute Gasteiger partial charge is 0.377 e. The van der Waals surface area contributed by atoms with E-state index in [4.69, 9.17) is 10.00 Å². The number of nitriles is 1. The fourth-order valence-corrected chi connectivity index (χ4v) is 2.80. The molecular weight excluding hydrogens is 248 g/mol. The van der Waals surface area contributed by atoms with Crippen LogP contribution in [0, 0.1) is 17.2 Å². The molecule has 1 N–H and O–H groups in total. The van der Waals surface area contributed by atoms with Crippen molar-refractivity contribution in [2.24, 2.45) is 5.92 Å². The van der Waals surface area contributed by atoms with Gasteiger partial charge in [-0.25, -0.2) is 0 Å². The second kappa shape index (κ2) is 8.04. The summed E-state index contributed by atoms with van der Waals surface area (Å²) < 4.78 is 5.96. The summed E-state index contributed by atoms with van der Waals surface area (Å²) in [6.45, 7) is 4.72. The summed E-state index contributed by atoms with van der Waals surface area (Å²) in [5.74, 6) is 0.705. The Morgan fingerprint density at radius 2 is 2.20 bits per heavy atom. The van der Waals surface area contributed by atoms with Crippen molar-refractivity contribution in [3.05, 3.63) is 35.4 Å². The van der Waals surface area contributed by atoms with Crippen molar-refractivity contribution < 1.29 is 4.74 Å². The maximum atomic E-state index is 8.85. The van der Waals surface area contributed by atoms with Gasteiger partial charge in [0.05, 0.1) is 24.3 Å². The first kappa shape index (κ1) is 15.0. The third-order valence-electron chi connectivity index (χ3n) is 4.03. The highest BCUT2D eigenvalue weighted by Crippen LogP contribution is 2.25. The monoisotopic (exact) mass is 272 g/mol. The third-order valence-corrected chi connectivity index (χ3v) is 4.03. The molecule has 3 nitrogen and oxygen atoms in total. The Labute approximate surface area is 121 Å². The van der Waals surface area contributed by atoms with E-state index in [0.717, 1.165) is 30.8 Å². The molecule has 0 aliphatic heterocycles. The predicted molar refractivity (Wildman–Crippen MR) is 80.2 cm³/mol. The summed E-state index contributed by atoms with van der Waals surface area (Å²) in [6.07, 6.45) is 5.63. The Morgan fingerprint density at radius 3 is 3.00 bits per heavy atom. The molecule has 1 fully saturated rings. The lowest BCUT2D eigenvalue weighted by atomic mass is 9.88. The van der Waals surface area contributed by atoms with E-state index in [1.54, 1.807) is 0 Å². The Hall–Kier alpha value is -1.37. The maximum absolute atomic E-state index is 8.85. The van der Waals surface area contributed by atoms with Gasteiger partial charge in [-0.1, -0.05) is 31.9 Å². The van der Waals surface area contributed by atoms with Crippen LogP contribution in [0.25, 0.3) is 0 Å². The number of nitrogens with zero attached hydrogens (tertiary/aromatic N) is 1. The fraction of sp³-hybridized carbons (Fsp3) is 0.588. The predicted octanol–water partition coefficient (Wildman–Crippen LogP) is 3.24. The van der Waals surface area contributed by atoms with E-state index >= 15 is 0 Å². The molecule has 0 amide bonds. The number of hydrogen-bond acceptors (Lipinski definition) is 3. The number of ether oxygens (including phenoxy) is 1. The van der Waals surface area contributed by atoms with E-state index in [9.17, 15) is 0 Å². The zero-order chi connectivity index (χ0) is 14.2. The van der Waals surface area contributed by atoms with Gasteiger partial charge in [-0.3, -0.25) is 0 Å². The number of hydrogen-bond donors (Lipinski definition) is 1. The van der Waals surface area contributed by atoms with Crippen molar-refractivity contribution in [1.29, 1.82) is 5.26 Å². The van der Waals surface area contributed by atoms with Crippen LogP contribution in [-0.2, 0) is 11.3 Å². The molecule has 20 heavy (non-hydrogen) atoms. The van der Waals surface area contributed by atoms with Crippen molar-refractivity contribution in [3.63, 3.8) is 0 Å².